The second kappa shape index (κ2) is 3.37. The first-order valence-corrected chi connectivity index (χ1v) is 5.48. The average molecular weight is 188 g/mol. The predicted molar refractivity (Wildman–Crippen MR) is 57.0 cm³/mol. The highest BCUT2D eigenvalue weighted by Crippen LogP contribution is 2.23. The standard InChI is InChI=1S/C12H16N2/c1-2-5-11-9-14-7-3-6-13-12(14)8-10(11)4-1/h1-2,4-5,12-13H,3,6-9H2. The van der Waals surface area contributed by atoms with Crippen LogP contribution in [0.25, 0.3) is 0 Å². The summed E-state index contributed by atoms with van der Waals surface area (Å²) >= 11 is 0. The molecule has 1 N–H and O–H groups in total. The third-order valence-electron chi connectivity index (χ3n) is 3.35. The lowest BCUT2D eigenvalue weighted by Crippen LogP contribution is -2.54. The monoisotopic (exact) mass is 188 g/mol. The van der Waals surface area contributed by atoms with E-state index in [-0.39, 0.29) is 0 Å². The van der Waals surface area contributed by atoms with Crippen molar-refractivity contribution in [2.45, 2.75) is 25.6 Å². The largest absolute Gasteiger partial charge is 0.301 e. The molecule has 74 valence electrons. The van der Waals surface area contributed by atoms with Gasteiger partial charge in [0.05, 0.1) is 6.17 Å². The number of rotatable bonds is 0. The van der Waals surface area contributed by atoms with Crippen LogP contribution in [0.5, 0.6) is 0 Å². The van der Waals surface area contributed by atoms with Crippen LogP contribution in [0.1, 0.15) is 17.5 Å². The predicted octanol–water partition coefficient (Wildman–Crippen LogP) is 1.36. The lowest BCUT2D eigenvalue weighted by atomic mass is 9.96. The summed E-state index contributed by atoms with van der Waals surface area (Å²) < 4.78 is 0. The van der Waals surface area contributed by atoms with Gasteiger partial charge in [-0.25, -0.2) is 0 Å². The van der Waals surface area contributed by atoms with Crippen molar-refractivity contribution in [3.05, 3.63) is 35.4 Å². The van der Waals surface area contributed by atoms with Gasteiger partial charge in [0.1, 0.15) is 0 Å². The maximum absolute atomic E-state index is 3.59. The van der Waals surface area contributed by atoms with Crippen LogP contribution in [-0.2, 0) is 13.0 Å². The molecule has 1 atom stereocenters. The van der Waals surface area contributed by atoms with Gasteiger partial charge >= 0.3 is 0 Å². The summed E-state index contributed by atoms with van der Waals surface area (Å²) in [5, 5.41) is 3.59. The molecule has 3 rings (SSSR count). The number of nitrogens with zero attached hydrogens (tertiary/aromatic N) is 1. The number of nitrogens with one attached hydrogen (secondary N) is 1. The van der Waals surface area contributed by atoms with Crippen molar-refractivity contribution in [2.24, 2.45) is 0 Å². The smallest absolute Gasteiger partial charge is 0.0641 e. The zero-order valence-corrected chi connectivity index (χ0v) is 8.37. The highest BCUT2D eigenvalue weighted by molar-refractivity contribution is 5.30. The van der Waals surface area contributed by atoms with Crippen LogP contribution in [0.3, 0.4) is 0 Å². The quantitative estimate of drug-likeness (QED) is 0.661. The molecule has 14 heavy (non-hydrogen) atoms. The van der Waals surface area contributed by atoms with Gasteiger partial charge in [0, 0.05) is 19.5 Å². The fraction of sp³-hybridized carbons (Fsp3) is 0.500. The Morgan fingerprint density at radius 2 is 2.07 bits per heavy atom. The third-order valence-corrected chi connectivity index (χ3v) is 3.35. The van der Waals surface area contributed by atoms with Gasteiger partial charge in [-0.05, 0) is 24.1 Å². The van der Waals surface area contributed by atoms with Crippen molar-refractivity contribution in [3.63, 3.8) is 0 Å². The van der Waals surface area contributed by atoms with E-state index in [9.17, 15) is 0 Å². The van der Waals surface area contributed by atoms with Gasteiger partial charge in [0.25, 0.3) is 0 Å². The van der Waals surface area contributed by atoms with E-state index in [1.807, 2.05) is 0 Å². The molecular weight excluding hydrogens is 172 g/mol. The van der Waals surface area contributed by atoms with Gasteiger partial charge in [-0.15, -0.1) is 0 Å². The van der Waals surface area contributed by atoms with E-state index in [1.165, 1.54) is 37.1 Å². The molecule has 2 aliphatic heterocycles. The molecule has 0 saturated carbocycles. The molecule has 0 spiro atoms. The minimum Gasteiger partial charge on any atom is -0.301 e. The van der Waals surface area contributed by atoms with Gasteiger partial charge in [-0.3, -0.25) is 4.90 Å². The van der Waals surface area contributed by atoms with Crippen molar-refractivity contribution in [1.29, 1.82) is 0 Å². The Hall–Kier alpha value is -0.860. The van der Waals surface area contributed by atoms with Crippen LogP contribution < -0.4 is 5.32 Å². The van der Waals surface area contributed by atoms with Crippen molar-refractivity contribution in [3.8, 4) is 0 Å². The van der Waals surface area contributed by atoms with Crippen LogP contribution in [-0.4, -0.2) is 24.2 Å². The molecular formula is C12H16N2. The highest BCUT2D eigenvalue weighted by atomic mass is 15.3. The summed E-state index contributed by atoms with van der Waals surface area (Å²) in [6.07, 6.45) is 3.06. The van der Waals surface area contributed by atoms with E-state index in [4.69, 9.17) is 0 Å². The number of hydrogen-bond acceptors (Lipinski definition) is 2. The Labute approximate surface area is 84.9 Å². The second-order valence-corrected chi connectivity index (χ2v) is 4.27. The molecule has 1 fully saturated rings. The molecule has 0 amide bonds. The van der Waals surface area contributed by atoms with Crippen molar-refractivity contribution >= 4 is 0 Å². The Kier molecular flexibility index (Phi) is 2.03. The van der Waals surface area contributed by atoms with Crippen molar-refractivity contribution < 1.29 is 0 Å². The Morgan fingerprint density at radius 3 is 3.00 bits per heavy atom. The number of benzene rings is 1. The maximum Gasteiger partial charge on any atom is 0.0641 e. The molecule has 1 aromatic carbocycles. The molecule has 2 aliphatic rings. The minimum absolute atomic E-state index is 0.596. The topological polar surface area (TPSA) is 15.3 Å². The highest BCUT2D eigenvalue weighted by Gasteiger charge is 2.27. The first kappa shape index (κ1) is 8.45. The molecule has 1 saturated heterocycles. The van der Waals surface area contributed by atoms with E-state index in [1.54, 1.807) is 0 Å². The summed E-state index contributed by atoms with van der Waals surface area (Å²) in [5.74, 6) is 0. The van der Waals surface area contributed by atoms with Gasteiger partial charge < -0.3 is 5.32 Å². The van der Waals surface area contributed by atoms with Crippen LogP contribution >= 0.6 is 0 Å². The summed E-state index contributed by atoms with van der Waals surface area (Å²) in [4.78, 5) is 2.56. The Morgan fingerprint density at radius 1 is 1.21 bits per heavy atom. The second-order valence-electron chi connectivity index (χ2n) is 4.27. The van der Waals surface area contributed by atoms with E-state index < -0.39 is 0 Å². The van der Waals surface area contributed by atoms with Gasteiger partial charge in [0.2, 0.25) is 0 Å². The van der Waals surface area contributed by atoms with Crippen LogP contribution in [0.4, 0.5) is 0 Å². The number of fused-ring (bicyclic) bond motifs is 2. The zero-order valence-electron chi connectivity index (χ0n) is 8.37. The Bertz CT molecular complexity index is 302. The van der Waals surface area contributed by atoms with Gasteiger partial charge in [-0.1, -0.05) is 24.3 Å². The fourth-order valence-electron chi connectivity index (χ4n) is 2.56. The van der Waals surface area contributed by atoms with Gasteiger partial charge in [-0.2, -0.15) is 0 Å². The van der Waals surface area contributed by atoms with E-state index >= 15 is 0 Å². The van der Waals surface area contributed by atoms with Crippen LogP contribution in [0.15, 0.2) is 24.3 Å². The normalized spacial score (nSPS) is 26.7. The van der Waals surface area contributed by atoms with E-state index in [2.05, 4.69) is 34.5 Å². The molecule has 0 aliphatic carbocycles. The first-order valence-electron chi connectivity index (χ1n) is 5.48. The molecule has 1 aromatic rings. The minimum atomic E-state index is 0.596. The lowest BCUT2D eigenvalue weighted by Gasteiger charge is -2.40. The van der Waals surface area contributed by atoms with Crippen LogP contribution in [0.2, 0.25) is 0 Å². The van der Waals surface area contributed by atoms with Crippen molar-refractivity contribution in [2.75, 3.05) is 13.1 Å². The fourth-order valence-corrected chi connectivity index (χ4v) is 2.56. The summed E-state index contributed by atoms with van der Waals surface area (Å²) in [6, 6.07) is 8.83. The summed E-state index contributed by atoms with van der Waals surface area (Å²) in [7, 11) is 0. The maximum atomic E-state index is 3.59. The molecule has 2 heterocycles. The van der Waals surface area contributed by atoms with Crippen molar-refractivity contribution in [1.82, 2.24) is 10.2 Å². The molecule has 0 aromatic heterocycles. The third kappa shape index (κ3) is 1.35. The lowest BCUT2D eigenvalue weighted by molar-refractivity contribution is 0.111. The molecule has 2 heteroatoms. The average Bonchev–Trinajstić information content (AvgIpc) is 2.26. The molecule has 2 nitrogen and oxygen atoms in total. The van der Waals surface area contributed by atoms with Gasteiger partial charge in [0.15, 0.2) is 0 Å². The number of hydrogen-bond donors (Lipinski definition) is 1. The van der Waals surface area contributed by atoms with E-state index in [0.717, 1.165) is 6.54 Å². The van der Waals surface area contributed by atoms with Crippen LogP contribution in [0, 0.1) is 0 Å². The summed E-state index contributed by atoms with van der Waals surface area (Å²) in [5.41, 5.74) is 3.05. The molecule has 0 radical (unpaired) electrons. The molecule has 1 unspecified atom stereocenters. The SMILES string of the molecule is c1ccc2c(c1)CC1NCCCN1C2. The Balaban J connectivity index is 1.91. The zero-order chi connectivity index (χ0) is 9.38. The first-order chi connectivity index (χ1) is 6.93. The summed E-state index contributed by atoms with van der Waals surface area (Å²) in [6.45, 7) is 3.57. The van der Waals surface area contributed by atoms with E-state index in [0.29, 0.717) is 6.17 Å². The molecule has 0 bridgehead atoms.